The second-order valence-electron chi connectivity index (χ2n) is 12.8. The lowest BCUT2D eigenvalue weighted by Gasteiger charge is -2.30. The molecular weight excluding hydrogens is 548 g/mol. The molecular formula is C38H43N2O4+. The molecule has 6 heteroatoms. The predicted octanol–water partition coefficient (Wildman–Crippen LogP) is 9.33. The molecule has 6 nitrogen and oxygen atoms in total. The third-order valence-corrected chi connectivity index (χ3v) is 8.27. The van der Waals surface area contributed by atoms with Crippen molar-refractivity contribution in [2.45, 2.75) is 59.9 Å². The van der Waals surface area contributed by atoms with Crippen molar-refractivity contribution in [2.75, 3.05) is 7.05 Å². The van der Waals surface area contributed by atoms with Crippen LogP contribution in [0.4, 0.5) is 17.3 Å². The quantitative estimate of drug-likeness (QED) is 0.109. The van der Waals surface area contributed by atoms with Crippen molar-refractivity contribution in [1.29, 1.82) is 0 Å². The normalized spacial score (nSPS) is 12.0. The van der Waals surface area contributed by atoms with Gasteiger partial charge in [0.15, 0.2) is 5.76 Å². The van der Waals surface area contributed by atoms with E-state index < -0.39 is 5.97 Å². The van der Waals surface area contributed by atoms with E-state index in [4.69, 9.17) is 9.52 Å². The Morgan fingerprint density at radius 1 is 0.795 bits per heavy atom. The number of aryl methyl sites for hydroxylation is 1. The Bertz CT molecular complexity index is 1690. The number of benzene rings is 3. The first kappa shape index (κ1) is 31.0. The van der Waals surface area contributed by atoms with Gasteiger partial charge in [-0.05, 0) is 54.4 Å². The molecule has 0 saturated carbocycles. The van der Waals surface area contributed by atoms with E-state index in [9.17, 15) is 9.59 Å². The molecule has 2 heterocycles. The molecule has 0 spiro atoms. The minimum atomic E-state index is -0.828. The number of fused-ring (bicyclic) bond motifs is 1. The van der Waals surface area contributed by atoms with Gasteiger partial charge in [0.1, 0.15) is 11.4 Å². The fourth-order valence-electron chi connectivity index (χ4n) is 6.04. The highest BCUT2D eigenvalue weighted by atomic mass is 16.4. The summed E-state index contributed by atoms with van der Waals surface area (Å²) in [6, 6.07) is 28.8. The van der Waals surface area contributed by atoms with Gasteiger partial charge in [0.05, 0.1) is 12.6 Å². The lowest BCUT2D eigenvalue weighted by molar-refractivity contribution is -0.137. The maximum atomic E-state index is 14.0. The van der Waals surface area contributed by atoms with E-state index in [-0.39, 0.29) is 22.4 Å². The van der Waals surface area contributed by atoms with Crippen LogP contribution in [0.1, 0.15) is 67.8 Å². The number of aliphatic carboxylic acids is 1. The third-order valence-electron chi connectivity index (χ3n) is 8.27. The zero-order valence-electron chi connectivity index (χ0n) is 26.4. The largest absolute Gasteiger partial charge is 0.481 e. The molecule has 44 heavy (non-hydrogen) atoms. The number of carboxylic acid groups (broad SMARTS) is 1. The molecule has 3 aromatic carbocycles. The maximum Gasteiger partial charge on any atom is 0.307 e. The van der Waals surface area contributed by atoms with E-state index in [0.29, 0.717) is 36.2 Å². The van der Waals surface area contributed by atoms with E-state index in [2.05, 4.69) is 83.3 Å². The van der Waals surface area contributed by atoms with Crippen molar-refractivity contribution >= 4 is 39.9 Å². The first-order valence-electron chi connectivity index (χ1n) is 15.6. The minimum absolute atomic E-state index is 0.0741. The van der Waals surface area contributed by atoms with Crippen LogP contribution in [-0.2, 0) is 24.2 Å². The predicted molar refractivity (Wildman–Crippen MR) is 178 cm³/mol. The summed E-state index contributed by atoms with van der Waals surface area (Å²) in [6.07, 6.45) is 4.40. The number of para-hydroxylation sites is 1. The zero-order chi connectivity index (χ0) is 31.4. The number of carbonyl (C=O) groups is 2. The summed E-state index contributed by atoms with van der Waals surface area (Å²) in [5, 5.41) is 9.92. The lowest BCUT2D eigenvalue weighted by atomic mass is 10.0. The van der Waals surface area contributed by atoms with E-state index in [1.165, 1.54) is 11.1 Å². The number of furan rings is 1. The van der Waals surface area contributed by atoms with Crippen LogP contribution in [0, 0.1) is 11.8 Å². The highest BCUT2D eigenvalue weighted by Gasteiger charge is 2.36. The van der Waals surface area contributed by atoms with Gasteiger partial charge in [-0.3, -0.25) is 9.59 Å². The van der Waals surface area contributed by atoms with Crippen LogP contribution in [0.15, 0.2) is 95.5 Å². The van der Waals surface area contributed by atoms with Gasteiger partial charge in [-0.25, -0.2) is 0 Å². The first-order valence-corrected chi connectivity index (χ1v) is 15.6. The third kappa shape index (κ3) is 6.56. The Labute approximate surface area is 260 Å². The van der Waals surface area contributed by atoms with Crippen LogP contribution in [0.5, 0.6) is 0 Å². The van der Waals surface area contributed by atoms with Crippen molar-refractivity contribution in [2.24, 2.45) is 11.8 Å². The van der Waals surface area contributed by atoms with E-state index in [1.54, 1.807) is 6.07 Å². The number of nitrogens with zero attached hydrogens (tertiary/aromatic N) is 2. The molecule has 1 N–H and O–H groups in total. The molecule has 2 aromatic heterocycles. The van der Waals surface area contributed by atoms with Crippen LogP contribution in [0.25, 0.3) is 10.9 Å². The molecule has 5 rings (SSSR count). The van der Waals surface area contributed by atoms with Crippen LogP contribution in [0.3, 0.4) is 0 Å². The number of quaternary nitrogens is 1. The Balaban J connectivity index is 1.53. The molecule has 5 aromatic rings. The summed E-state index contributed by atoms with van der Waals surface area (Å²) in [5.74, 6) is 1.02. The summed E-state index contributed by atoms with van der Waals surface area (Å²) in [6.45, 7) is 9.41. The van der Waals surface area contributed by atoms with Crippen molar-refractivity contribution in [3.8, 4) is 0 Å². The van der Waals surface area contributed by atoms with Crippen molar-refractivity contribution in [3.63, 3.8) is 0 Å². The average Bonchev–Trinajstić information content (AvgIpc) is 3.63. The second kappa shape index (κ2) is 13.1. The number of carboxylic acids is 1. The number of carbonyl (C=O) groups excluding carboxylic acids is 1. The van der Waals surface area contributed by atoms with Crippen LogP contribution < -0.4 is 4.48 Å². The number of hydrogen-bond acceptors (Lipinski definition) is 3. The van der Waals surface area contributed by atoms with Crippen molar-refractivity contribution < 1.29 is 19.1 Å². The lowest BCUT2D eigenvalue weighted by Crippen LogP contribution is -2.33. The Hall–Kier alpha value is -4.42. The molecule has 0 aliphatic heterocycles. The average molecular weight is 592 g/mol. The SMILES string of the molecule is CC(C)Cc1ccc([N+](C)(c2ccc(CC(C)C)cc2)c2ccc(C(=O)c3cn(CCCC(=O)O)c4ccccc34)o2)cc1. The zero-order valence-corrected chi connectivity index (χ0v) is 26.4. The summed E-state index contributed by atoms with van der Waals surface area (Å²) in [4.78, 5) is 25.0. The van der Waals surface area contributed by atoms with Gasteiger partial charge < -0.3 is 14.1 Å². The molecule has 0 radical (unpaired) electrons. The van der Waals surface area contributed by atoms with Gasteiger partial charge >= 0.3 is 11.9 Å². The Morgan fingerprint density at radius 3 is 1.91 bits per heavy atom. The standard InChI is InChI=1S/C38H42N2O4/c1-26(2)23-28-12-16-30(17-13-28)40(5,31-18-14-29(15-19-31)24-27(3)4)36-21-20-35(44-36)38(43)33-25-39(22-8-11-37(41)42)34-10-7-6-9-32(33)34/h6-7,9-10,12-21,25-27H,8,11,22-24H2,1-5H3/p+1. The monoisotopic (exact) mass is 591 g/mol. The summed E-state index contributed by atoms with van der Waals surface area (Å²) in [5.41, 5.74) is 6.10. The number of ketones is 1. The van der Waals surface area contributed by atoms with Crippen molar-refractivity contribution in [3.05, 3.63) is 114 Å². The van der Waals surface area contributed by atoms with Gasteiger partial charge in [0.25, 0.3) is 0 Å². The first-order chi connectivity index (χ1) is 21.1. The highest BCUT2D eigenvalue weighted by molar-refractivity contribution is 6.15. The van der Waals surface area contributed by atoms with Gasteiger partial charge in [-0.2, -0.15) is 4.48 Å². The van der Waals surface area contributed by atoms with E-state index >= 15 is 0 Å². The molecule has 0 bridgehead atoms. The van der Waals surface area contributed by atoms with Crippen LogP contribution >= 0.6 is 0 Å². The highest BCUT2D eigenvalue weighted by Crippen LogP contribution is 2.43. The summed E-state index contributed by atoms with van der Waals surface area (Å²) >= 11 is 0. The molecule has 0 unspecified atom stereocenters. The molecule has 0 aliphatic rings. The van der Waals surface area contributed by atoms with Crippen LogP contribution in [0.2, 0.25) is 0 Å². The van der Waals surface area contributed by atoms with Gasteiger partial charge in [0, 0.05) is 60.4 Å². The maximum absolute atomic E-state index is 14.0. The van der Waals surface area contributed by atoms with E-state index in [1.807, 2.05) is 41.1 Å². The fraction of sp³-hybridized carbons (Fsp3) is 0.316. The fourth-order valence-corrected chi connectivity index (χ4v) is 6.04. The van der Waals surface area contributed by atoms with Gasteiger partial charge in [-0.1, -0.05) is 70.2 Å². The van der Waals surface area contributed by atoms with E-state index in [0.717, 1.165) is 35.1 Å². The van der Waals surface area contributed by atoms with Gasteiger partial charge in [-0.15, -0.1) is 0 Å². The smallest absolute Gasteiger partial charge is 0.307 e. The second-order valence-corrected chi connectivity index (χ2v) is 12.8. The van der Waals surface area contributed by atoms with Gasteiger partial charge in [0.2, 0.25) is 5.78 Å². The number of rotatable bonds is 13. The molecule has 0 amide bonds. The van der Waals surface area contributed by atoms with Crippen molar-refractivity contribution in [1.82, 2.24) is 9.05 Å². The molecule has 0 saturated heterocycles. The van der Waals surface area contributed by atoms with Crippen LogP contribution in [-0.4, -0.2) is 28.5 Å². The number of aromatic nitrogens is 1. The number of hydrogen-bond donors (Lipinski definition) is 1. The molecule has 0 aliphatic carbocycles. The topological polar surface area (TPSA) is 72.4 Å². The molecule has 228 valence electrons. The molecule has 0 atom stereocenters. The molecule has 0 fully saturated rings. The minimum Gasteiger partial charge on any atom is -0.481 e. The summed E-state index contributed by atoms with van der Waals surface area (Å²) < 4.78 is 8.71. The Morgan fingerprint density at radius 2 is 1.36 bits per heavy atom. The Kier molecular flexibility index (Phi) is 9.21. The summed E-state index contributed by atoms with van der Waals surface area (Å²) in [7, 11) is 2.11.